The summed E-state index contributed by atoms with van der Waals surface area (Å²) in [5.74, 6) is -0.803. The number of anilines is 2. The minimum absolute atomic E-state index is 0.145. The van der Waals surface area contributed by atoms with Crippen LogP contribution in [-0.4, -0.2) is 17.1 Å². The number of nitriles is 1. The van der Waals surface area contributed by atoms with Crippen LogP contribution in [0.4, 0.5) is 11.4 Å². The lowest BCUT2D eigenvalue weighted by atomic mass is 10.1. The molecule has 0 saturated carbocycles. The molecule has 164 valence electrons. The van der Waals surface area contributed by atoms with Gasteiger partial charge < -0.3 is 5.32 Å². The number of halogens is 2. The summed E-state index contributed by atoms with van der Waals surface area (Å²) < 4.78 is 0. The van der Waals surface area contributed by atoms with Crippen LogP contribution in [0.25, 0.3) is 0 Å². The van der Waals surface area contributed by atoms with Crippen LogP contribution in [-0.2, 0) is 16.0 Å². The van der Waals surface area contributed by atoms with Crippen LogP contribution < -0.4 is 10.2 Å². The van der Waals surface area contributed by atoms with Gasteiger partial charge in [-0.15, -0.1) is 0 Å². The average molecular weight is 494 g/mol. The van der Waals surface area contributed by atoms with Crippen molar-refractivity contribution >= 4 is 58.2 Å². The van der Waals surface area contributed by atoms with Crippen molar-refractivity contribution in [2.24, 2.45) is 0 Å². The second-order valence-corrected chi connectivity index (χ2v) is 9.26. The first-order valence-electron chi connectivity index (χ1n) is 9.97. The van der Waals surface area contributed by atoms with Crippen molar-refractivity contribution in [1.29, 1.82) is 5.26 Å². The Hall–Kier alpha value is -3.24. The molecule has 1 unspecified atom stereocenters. The number of carbonyl (C=O) groups excluding carboxylic acids is 2. The molecule has 5 nitrogen and oxygen atoms in total. The lowest BCUT2D eigenvalue weighted by molar-refractivity contribution is -0.117. The van der Waals surface area contributed by atoms with E-state index in [1.807, 2.05) is 36.4 Å². The molecule has 0 aromatic heterocycles. The summed E-state index contributed by atoms with van der Waals surface area (Å²) >= 11 is 13.1. The minimum atomic E-state index is -0.602. The summed E-state index contributed by atoms with van der Waals surface area (Å²) in [5, 5.41) is 13.5. The molecule has 1 heterocycles. The monoisotopic (exact) mass is 493 g/mol. The van der Waals surface area contributed by atoms with E-state index < -0.39 is 11.2 Å². The zero-order valence-corrected chi connectivity index (χ0v) is 19.5. The molecule has 1 aliphatic heterocycles. The number of hydrogen-bond donors (Lipinski definition) is 1. The molecular formula is C25H17Cl2N3O2S. The summed E-state index contributed by atoms with van der Waals surface area (Å²) in [7, 11) is 0. The van der Waals surface area contributed by atoms with E-state index in [2.05, 4.69) is 5.32 Å². The molecule has 0 radical (unpaired) electrons. The summed E-state index contributed by atoms with van der Waals surface area (Å²) in [6, 6.07) is 24.9. The average Bonchev–Trinajstić information content (AvgIpc) is 3.12. The first-order valence-corrected chi connectivity index (χ1v) is 11.6. The van der Waals surface area contributed by atoms with Gasteiger partial charge in [-0.2, -0.15) is 5.26 Å². The minimum Gasteiger partial charge on any atom is -0.321 e. The van der Waals surface area contributed by atoms with Gasteiger partial charge in [0, 0.05) is 21.4 Å². The molecule has 1 atom stereocenters. The summed E-state index contributed by atoms with van der Waals surface area (Å²) in [4.78, 5) is 27.9. The smallest absolute Gasteiger partial charge is 0.269 e. The molecular weight excluding hydrogens is 477 g/mol. The normalized spacial score (nSPS) is 16.9. The topological polar surface area (TPSA) is 73.2 Å². The van der Waals surface area contributed by atoms with E-state index in [0.717, 1.165) is 5.56 Å². The Morgan fingerprint density at radius 1 is 0.970 bits per heavy atom. The van der Waals surface area contributed by atoms with E-state index in [1.165, 1.54) is 16.7 Å². The van der Waals surface area contributed by atoms with Crippen LogP contribution >= 0.6 is 35.0 Å². The first kappa shape index (κ1) is 22.9. The lowest BCUT2D eigenvalue weighted by Crippen LogP contribution is -2.30. The van der Waals surface area contributed by atoms with Crippen LogP contribution in [0.3, 0.4) is 0 Å². The Labute approximate surface area is 205 Å². The van der Waals surface area contributed by atoms with Gasteiger partial charge in [-0.3, -0.25) is 14.5 Å². The van der Waals surface area contributed by atoms with E-state index in [9.17, 15) is 14.9 Å². The van der Waals surface area contributed by atoms with Gasteiger partial charge in [0.1, 0.15) is 16.7 Å². The van der Waals surface area contributed by atoms with Crippen molar-refractivity contribution in [3.8, 4) is 6.07 Å². The number of benzene rings is 3. The van der Waals surface area contributed by atoms with Crippen molar-refractivity contribution in [1.82, 2.24) is 0 Å². The second-order valence-electron chi connectivity index (χ2n) is 7.20. The van der Waals surface area contributed by atoms with Gasteiger partial charge in [0.2, 0.25) is 5.91 Å². The number of nitrogens with one attached hydrogen (secondary N) is 1. The molecule has 1 saturated heterocycles. The third kappa shape index (κ3) is 5.23. The third-order valence-electron chi connectivity index (χ3n) is 4.96. The van der Waals surface area contributed by atoms with E-state index in [0.29, 0.717) is 27.8 Å². The molecule has 1 fully saturated rings. The maximum absolute atomic E-state index is 13.4. The van der Waals surface area contributed by atoms with Gasteiger partial charge in [-0.1, -0.05) is 65.3 Å². The summed E-state index contributed by atoms with van der Waals surface area (Å²) in [6.07, 6.45) is 0.468. The third-order valence-corrected chi connectivity index (χ3v) is 6.72. The SMILES string of the molecule is N#C/C(C(=O)Nc1ccc(Cl)cc1)=C1/SC(Cc2ccccc2)C(=O)N1c1ccc(Cl)cc1. The Bertz CT molecular complexity index is 1250. The molecule has 0 spiro atoms. The number of nitrogens with zero attached hydrogens (tertiary/aromatic N) is 2. The fourth-order valence-electron chi connectivity index (χ4n) is 3.37. The predicted octanol–water partition coefficient (Wildman–Crippen LogP) is 6.06. The lowest BCUT2D eigenvalue weighted by Gasteiger charge is -2.19. The van der Waals surface area contributed by atoms with E-state index >= 15 is 0 Å². The molecule has 3 aromatic carbocycles. The van der Waals surface area contributed by atoms with Crippen molar-refractivity contribution < 1.29 is 9.59 Å². The number of rotatable bonds is 5. The molecule has 33 heavy (non-hydrogen) atoms. The Morgan fingerprint density at radius 3 is 2.18 bits per heavy atom. The number of thioether (sulfide) groups is 1. The highest BCUT2D eigenvalue weighted by Gasteiger charge is 2.40. The number of amides is 2. The highest BCUT2D eigenvalue weighted by molar-refractivity contribution is 8.05. The first-order chi connectivity index (χ1) is 16.0. The van der Waals surface area contributed by atoms with Crippen LogP contribution in [0.15, 0.2) is 89.5 Å². The van der Waals surface area contributed by atoms with Crippen molar-refractivity contribution in [2.75, 3.05) is 10.2 Å². The molecule has 0 bridgehead atoms. The van der Waals surface area contributed by atoms with Gasteiger partial charge in [0.05, 0.1) is 5.25 Å². The van der Waals surface area contributed by atoms with Gasteiger partial charge in [-0.05, 0) is 60.5 Å². The molecule has 2 amide bonds. The fraction of sp³-hybridized carbons (Fsp3) is 0.0800. The number of hydrogen-bond acceptors (Lipinski definition) is 4. The molecule has 1 N–H and O–H groups in total. The van der Waals surface area contributed by atoms with Gasteiger partial charge in [0.25, 0.3) is 5.91 Å². The molecule has 3 aromatic rings. The largest absolute Gasteiger partial charge is 0.321 e. The van der Waals surface area contributed by atoms with Gasteiger partial charge in [0.15, 0.2) is 0 Å². The number of carbonyl (C=O) groups is 2. The van der Waals surface area contributed by atoms with Crippen LogP contribution in [0, 0.1) is 11.3 Å². The van der Waals surface area contributed by atoms with Gasteiger partial charge in [-0.25, -0.2) is 0 Å². The maximum atomic E-state index is 13.4. The summed E-state index contributed by atoms with van der Waals surface area (Å²) in [5.41, 5.74) is 1.87. The maximum Gasteiger partial charge on any atom is 0.269 e. The Morgan fingerprint density at radius 2 is 1.58 bits per heavy atom. The van der Waals surface area contributed by atoms with Gasteiger partial charge >= 0.3 is 0 Å². The standard InChI is InChI=1S/C25H17Cl2N3O2S/c26-17-6-10-19(11-7-17)29-23(31)21(15-28)25-30(20-12-8-18(27)9-13-20)24(32)22(33-25)14-16-4-2-1-3-5-16/h1-13,22H,14H2,(H,29,31)/b25-21-. The van der Waals surface area contributed by atoms with Crippen molar-refractivity contribution in [3.05, 3.63) is 105 Å². The van der Waals surface area contributed by atoms with Crippen LogP contribution in [0.5, 0.6) is 0 Å². The fourth-order valence-corrected chi connectivity index (χ4v) is 4.93. The zero-order valence-electron chi connectivity index (χ0n) is 17.2. The Kier molecular flexibility index (Phi) is 7.05. The molecule has 1 aliphatic rings. The van der Waals surface area contributed by atoms with Crippen molar-refractivity contribution in [2.45, 2.75) is 11.7 Å². The van der Waals surface area contributed by atoms with E-state index in [1.54, 1.807) is 48.5 Å². The summed E-state index contributed by atoms with van der Waals surface area (Å²) in [6.45, 7) is 0. The molecule has 4 rings (SSSR count). The predicted molar refractivity (Wildman–Crippen MR) is 133 cm³/mol. The highest BCUT2D eigenvalue weighted by atomic mass is 35.5. The molecule has 8 heteroatoms. The van der Waals surface area contributed by atoms with E-state index in [4.69, 9.17) is 23.2 Å². The van der Waals surface area contributed by atoms with Crippen LogP contribution in [0.1, 0.15) is 5.56 Å². The van der Waals surface area contributed by atoms with Crippen molar-refractivity contribution in [3.63, 3.8) is 0 Å². The Balaban J connectivity index is 1.72. The highest BCUT2D eigenvalue weighted by Crippen LogP contribution is 2.42. The zero-order chi connectivity index (χ0) is 23.4. The second kappa shape index (κ2) is 10.1. The van der Waals surface area contributed by atoms with E-state index in [-0.39, 0.29) is 16.5 Å². The molecule has 0 aliphatic carbocycles. The quantitative estimate of drug-likeness (QED) is 0.346. The van der Waals surface area contributed by atoms with Crippen LogP contribution in [0.2, 0.25) is 10.0 Å².